The van der Waals surface area contributed by atoms with Crippen molar-refractivity contribution in [2.75, 3.05) is 16.8 Å². The molecule has 0 radical (unpaired) electrons. The van der Waals surface area contributed by atoms with Crippen LogP contribution in [0.3, 0.4) is 0 Å². The van der Waals surface area contributed by atoms with Gasteiger partial charge in [0.05, 0.1) is 16.8 Å². The van der Waals surface area contributed by atoms with Gasteiger partial charge in [0.2, 0.25) is 5.91 Å². The van der Waals surface area contributed by atoms with E-state index in [9.17, 15) is 9.59 Å². The Morgan fingerprint density at radius 3 is 2.60 bits per heavy atom. The van der Waals surface area contributed by atoms with Crippen molar-refractivity contribution < 1.29 is 9.59 Å². The van der Waals surface area contributed by atoms with Gasteiger partial charge in [0.1, 0.15) is 0 Å². The number of rotatable bonds is 3. The molecular weight excluding hydrogens is 361 g/mol. The summed E-state index contributed by atoms with van der Waals surface area (Å²) in [5.74, 6) is -0.0186. The maximum Gasteiger partial charge on any atom is 0.319 e. The van der Waals surface area contributed by atoms with Crippen molar-refractivity contribution in [3.05, 3.63) is 58.1 Å². The van der Waals surface area contributed by atoms with Gasteiger partial charge in [0.15, 0.2) is 0 Å². The lowest BCUT2D eigenvalue weighted by atomic mass is 10.2. The van der Waals surface area contributed by atoms with Crippen LogP contribution in [0.5, 0.6) is 0 Å². The second-order valence-corrected chi connectivity index (χ2v) is 6.81. The highest BCUT2D eigenvalue weighted by Gasteiger charge is 2.31. The molecule has 2 aromatic carbocycles. The number of nitrogens with one attached hydrogen (secondary N) is 2. The maximum atomic E-state index is 12.2. The minimum absolute atomic E-state index is 0.0186. The zero-order chi connectivity index (χ0) is 18.0. The third-order valence-corrected chi connectivity index (χ3v) is 4.55. The number of urea groups is 1. The fourth-order valence-electron chi connectivity index (χ4n) is 2.72. The first-order chi connectivity index (χ1) is 11.9. The van der Waals surface area contributed by atoms with Gasteiger partial charge in [-0.25, -0.2) is 4.79 Å². The topological polar surface area (TPSA) is 61.4 Å². The molecule has 5 nitrogen and oxygen atoms in total. The summed E-state index contributed by atoms with van der Waals surface area (Å²) < 4.78 is 0. The Morgan fingerprint density at radius 2 is 1.88 bits per heavy atom. The van der Waals surface area contributed by atoms with Crippen molar-refractivity contribution in [1.29, 1.82) is 0 Å². The Hall–Kier alpha value is -2.24. The Bertz CT molecular complexity index is 808. The average Bonchev–Trinajstić information content (AvgIpc) is 2.92. The Morgan fingerprint density at radius 1 is 1.16 bits per heavy atom. The number of aryl methyl sites for hydroxylation is 1. The molecule has 0 saturated carbocycles. The molecule has 0 bridgehead atoms. The van der Waals surface area contributed by atoms with Crippen LogP contribution < -0.4 is 15.5 Å². The maximum absolute atomic E-state index is 12.2. The number of anilines is 2. The predicted molar refractivity (Wildman–Crippen MR) is 101 cm³/mol. The van der Waals surface area contributed by atoms with Gasteiger partial charge >= 0.3 is 6.03 Å². The molecule has 0 aromatic heterocycles. The van der Waals surface area contributed by atoms with Gasteiger partial charge in [0.25, 0.3) is 0 Å². The van der Waals surface area contributed by atoms with E-state index in [4.69, 9.17) is 23.2 Å². The van der Waals surface area contributed by atoms with E-state index >= 15 is 0 Å². The Kier molecular flexibility index (Phi) is 5.16. The largest absolute Gasteiger partial charge is 0.333 e. The molecule has 1 heterocycles. The van der Waals surface area contributed by atoms with E-state index in [1.165, 1.54) is 0 Å². The van der Waals surface area contributed by atoms with Crippen molar-refractivity contribution in [1.82, 2.24) is 5.32 Å². The van der Waals surface area contributed by atoms with Gasteiger partial charge in [-0.3, -0.25) is 4.79 Å². The Labute approximate surface area is 155 Å². The third-order valence-electron chi connectivity index (χ3n) is 3.98. The molecule has 1 aliphatic rings. The molecule has 1 unspecified atom stereocenters. The number of carbonyl (C=O) groups is 2. The summed E-state index contributed by atoms with van der Waals surface area (Å²) in [4.78, 5) is 26.1. The molecule has 3 amide bonds. The highest BCUT2D eigenvalue weighted by molar-refractivity contribution is 6.35. The summed E-state index contributed by atoms with van der Waals surface area (Å²) in [6, 6.07) is 11.8. The van der Waals surface area contributed by atoms with Gasteiger partial charge in [-0.1, -0.05) is 40.9 Å². The van der Waals surface area contributed by atoms with Crippen LogP contribution in [0.15, 0.2) is 42.5 Å². The van der Waals surface area contributed by atoms with E-state index in [0.29, 0.717) is 22.3 Å². The van der Waals surface area contributed by atoms with Gasteiger partial charge < -0.3 is 15.5 Å². The summed E-state index contributed by atoms with van der Waals surface area (Å²) in [6.07, 6.45) is 0.255. The molecule has 130 valence electrons. The van der Waals surface area contributed by atoms with E-state index in [2.05, 4.69) is 10.6 Å². The van der Waals surface area contributed by atoms with E-state index in [-0.39, 0.29) is 18.4 Å². The molecule has 2 aromatic rings. The van der Waals surface area contributed by atoms with Crippen molar-refractivity contribution in [2.24, 2.45) is 0 Å². The second-order valence-electron chi connectivity index (χ2n) is 5.96. The van der Waals surface area contributed by atoms with Crippen LogP contribution in [-0.2, 0) is 4.79 Å². The van der Waals surface area contributed by atoms with Crippen LogP contribution in [0.1, 0.15) is 12.0 Å². The average molecular weight is 378 g/mol. The fraction of sp³-hybridized carbons (Fsp3) is 0.222. The number of nitrogens with zero attached hydrogens (tertiary/aromatic N) is 1. The smallest absolute Gasteiger partial charge is 0.319 e. The lowest BCUT2D eigenvalue weighted by Gasteiger charge is -2.18. The normalized spacial score (nSPS) is 16.8. The van der Waals surface area contributed by atoms with Crippen LogP contribution >= 0.6 is 23.2 Å². The first-order valence-corrected chi connectivity index (χ1v) is 8.57. The number of benzene rings is 2. The van der Waals surface area contributed by atoms with Gasteiger partial charge in [0, 0.05) is 23.7 Å². The van der Waals surface area contributed by atoms with Crippen LogP contribution in [-0.4, -0.2) is 24.5 Å². The van der Waals surface area contributed by atoms with Crippen LogP contribution in [0, 0.1) is 6.92 Å². The van der Waals surface area contributed by atoms with E-state index in [0.717, 1.165) is 11.3 Å². The van der Waals surface area contributed by atoms with Crippen molar-refractivity contribution in [3.8, 4) is 0 Å². The van der Waals surface area contributed by atoms with Gasteiger partial charge in [-0.05, 0) is 37.3 Å². The number of carbonyl (C=O) groups excluding carboxylic acids is 2. The molecule has 1 saturated heterocycles. The first-order valence-electron chi connectivity index (χ1n) is 7.82. The standard InChI is InChI=1S/C18H17Cl2N3O2/c1-11-2-5-14(6-3-11)23-10-13(9-17(23)24)21-18(25)22-16-8-12(19)4-7-15(16)20/h2-8,13H,9-10H2,1H3,(H2,21,22,25). The highest BCUT2D eigenvalue weighted by Crippen LogP contribution is 2.26. The molecular formula is C18H17Cl2N3O2. The zero-order valence-electron chi connectivity index (χ0n) is 13.6. The van der Waals surface area contributed by atoms with E-state index in [1.807, 2.05) is 31.2 Å². The molecule has 1 fully saturated rings. The summed E-state index contributed by atoms with van der Waals surface area (Å²) in [7, 11) is 0. The molecule has 7 heteroatoms. The van der Waals surface area contributed by atoms with Crippen molar-refractivity contribution in [3.63, 3.8) is 0 Å². The molecule has 0 aliphatic carbocycles. The lowest BCUT2D eigenvalue weighted by molar-refractivity contribution is -0.117. The SMILES string of the molecule is Cc1ccc(N2CC(NC(=O)Nc3cc(Cl)ccc3Cl)CC2=O)cc1. The minimum Gasteiger partial charge on any atom is -0.333 e. The van der Waals surface area contributed by atoms with Crippen LogP contribution in [0.4, 0.5) is 16.2 Å². The Balaban J connectivity index is 1.62. The summed E-state index contributed by atoms with van der Waals surface area (Å²) in [5, 5.41) is 6.33. The summed E-state index contributed by atoms with van der Waals surface area (Å²) in [6.45, 7) is 2.42. The van der Waals surface area contributed by atoms with Crippen molar-refractivity contribution >= 4 is 46.5 Å². The summed E-state index contributed by atoms with van der Waals surface area (Å²) >= 11 is 11.9. The first kappa shape index (κ1) is 17.6. The van der Waals surface area contributed by atoms with Gasteiger partial charge in [-0.15, -0.1) is 0 Å². The number of halogens is 2. The molecule has 0 spiro atoms. The van der Waals surface area contributed by atoms with E-state index < -0.39 is 6.03 Å². The fourth-order valence-corrected chi connectivity index (χ4v) is 3.05. The van der Waals surface area contributed by atoms with Gasteiger partial charge in [-0.2, -0.15) is 0 Å². The van der Waals surface area contributed by atoms with Crippen molar-refractivity contribution in [2.45, 2.75) is 19.4 Å². The molecule has 25 heavy (non-hydrogen) atoms. The lowest BCUT2D eigenvalue weighted by Crippen LogP contribution is -2.39. The molecule has 2 N–H and O–H groups in total. The quantitative estimate of drug-likeness (QED) is 0.840. The summed E-state index contributed by atoms with van der Waals surface area (Å²) in [5.41, 5.74) is 2.38. The highest BCUT2D eigenvalue weighted by atomic mass is 35.5. The minimum atomic E-state index is -0.423. The monoisotopic (exact) mass is 377 g/mol. The van der Waals surface area contributed by atoms with Crippen LogP contribution in [0.2, 0.25) is 10.0 Å². The predicted octanol–water partition coefficient (Wildman–Crippen LogP) is 4.23. The van der Waals surface area contributed by atoms with Crippen LogP contribution in [0.25, 0.3) is 0 Å². The zero-order valence-corrected chi connectivity index (χ0v) is 15.1. The third kappa shape index (κ3) is 4.24. The van der Waals surface area contributed by atoms with E-state index in [1.54, 1.807) is 23.1 Å². The number of hydrogen-bond acceptors (Lipinski definition) is 2. The number of amides is 3. The number of hydrogen-bond donors (Lipinski definition) is 2. The molecule has 1 aliphatic heterocycles. The molecule has 1 atom stereocenters. The molecule has 3 rings (SSSR count). The second kappa shape index (κ2) is 7.33.